The Hall–Kier alpha value is -2.04. The van der Waals surface area contributed by atoms with Gasteiger partial charge in [0.2, 0.25) is 11.7 Å². The molecule has 114 valence electrons. The highest BCUT2D eigenvalue weighted by molar-refractivity contribution is 5.70. The predicted octanol–water partition coefficient (Wildman–Crippen LogP) is -0.706. The summed E-state index contributed by atoms with van der Waals surface area (Å²) in [7, 11) is 1.25. The molecule has 0 saturated carbocycles. The van der Waals surface area contributed by atoms with Crippen LogP contribution < -0.4 is 11.3 Å². The summed E-state index contributed by atoms with van der Waals surface area (Å²) in [5.74, 6) is -1.81. The molecule has 2 aromatic heterocycles. The Morgan fingerprint density at radius 3 is 3.14 bits per heavy atom. The van der Waals surface area contributed by atoms with Crippen molar-refractivity contribution in [2.75, 3.05) is 19.5 Å². The quantitative estimate of drug-likeness (QED) is 0.683. The number of aromatic nitrogens is 4. The van der Waals surface area contributed by atoms with E-state index in [2.05, 4.69) is 15.0 Å². The van der Waals surface area contributed by atoms with Crippen LogP contribution in [0.5, 0.6) is 0 Å². The summed E-state index contributed by atoms with van der Waals surface area (Å²) in [6, 6.07) is 0. The van der Waals surface area contributed by atoms with Gasteiger partial charge in [-0.05, 0) is 0 Å². The van der Waals surface area contributed by atoms with Crippen molar-refractivity contribution >= 4 is 17.1 Å². The number of imidazole rings is 1. The number of nitrogens with zero attached hydrogens (tertiary/aromatic N) is 3. The number of nitrogen functional groups attached to an aromatic ring is 1. The number of anilines is 1. The third kappa shape index (κ3) is 1.99. The van der Waals surface area contributed by atoms with Crippen LogP contribution in [0.3, 0.4) is 0 Å². The molecular formula is C11H14FN5O4. The zero-order valence-electron chi connectivity index (χ0n) is 11.1. The molecule has 3 atom stereocenters. The van der Waals surface area contributed by atoms with Crippen LogP contribution in [0.4, 0.5) is 10.3 Å². The summed E-state index contributed by atoms with van der Waals surface area (Å²) in [6.07, 6.45) is -1.11. The minimum atomic E-state index is -1.73. The predicted molar refractivity (Wildman–Crippen MR) is 69.0 cm³/mol. The van der Waals surface area contributed by atoms with Crippen LogP contribution in [0.1, 0.15) is 12.6 Å². The molecule has 0 amide bonds. The lowest BCUT2D eigenvalue weighted by atomic mass is 10.1. The molecule has 1 fully saturated rings. The number of aromatic amines is 1. The lowest BCUT2D eigenvalue weighted by molar-refractivity contribution is -0.259. The Balaban J connectivity index is 2.05. The van der Waals surface area contributed by atoms with Gasteiger partial charge in [-0.1, -0.05) is 0 Å². The van der Waals surface area contributed by atoms with Gasteiger partial charge in [-0.15, -0.1) is 0 Å². The van der Waals surface area contributed by atoms with Crippen LogP contribution in [-0.2, 0) is 9.47 Å². The van der Waals surface area contributed by atoms with Crippen LogP contribution in [0.15, 0.2) is 11.1 Å². The van der Waals surface area contributed by atoms with Crippen molar-refractivity contribution in [3.63, 3.8) is 0 Å². The number of H-pyrrole nitrogens is 1. The van der Waals surface area contributed by atoms with E-state index >= 15 is 0 Å². The summed E-state index contributed by atoms with van der Waals surface area (Å²) < 4.78 is 25.9. The summed E-state index contributed by atoms with van der Waals surface area (Å²) in [4.78, 5) is 21.9. The number of alkyl halides is 1. The van der Waals surface area contributed by atoms with Crippen LogP contribution in [-0.4, -0.2) is 50.3 Å². The van der Waals surface area contributed by atoms with Crippen molar-refractivity contribution in [1.82, 2.24) is 19.5 Å². The van der Waals surface area contributed by atoms with E-state index in [1.165, 1.54) is 18.0 Å². The van der Waals surface area contributed by atoms with Crippen molar-refractivity contribution < 1.29 is 19.0 Å². The molecule has 0 spiro atoms. The minimum Gasteiger partial charge on any atom is -0.391 e. The van der Waals surface area contributed by atoms with Crippen molar-refractivity contribution in [3.8, 4) is 0 Å². The smallest absolute Gasteiger partial charge is 0.280 e. The number of nitrogens with two attached hydrogens (primary N) is 1. The van der Waals surface area contributed by atoms with Crippen LogP contribution in [0, 0.1) is 0 Å². The monoisotopic (exact) mass is 299 g/mol. The van der Waals surface area contributed by atoms with Gasteiger partial charge in [0.05, 0.1) is 6.33 Å². The molecule has 1 unspecified atom stereocenters. The number of methoxy groups -OCH3 is 1. The lowest BCUT2D eigenvalue weighted by Crippen LogP contribution is -2.42. The third-order valence-electron chi connectivity index (χ3n) is 3.55. The highest BCUT2D eigenvalue weighted by Gasteiger charge is 2.50. The maximum absolute atomic E-state index is 14.1. The third-order valence-corrected chi connectivity index (χ3v) is 3.55. The first-order valence-corrected chi connectivity index (χ1v) is 6.21. The molecule has 0 radical (unpaired) electrons. The summed E-state index contributed by atoms with van der Waals surface area (Å²) in [6.45, 7) is -0.635. The van der Waals surface area contributed by atoms with Gasteiger partial charge < -0.3 is 20.3 Å². The van der Waals surface area contributed by atoms with Crippen molar-refractivity contribution in [2.45, 2.75) is 24.6 Å². The van der Waals surface area contributed by atoms with Crippen LogP contribution >= 0.6 is 0 Å². The minimum absolute atomic E-state index is 0.0714. The Kier molecular flexibility index (Phi) is 3.15. The number of aliphatic hydroxyl groups excluding tert-OH is 1. The van der Waals surface area contributed by atoms with Crippen LogP contribution in [0.25, 0.3) is 11.2 Å². The molecule has 3 rings (SSSR count). The molecule has 2 aromatic rings. The number of nitrogens with one attached hydrogen (secondary N) is 1. The first kappa shape index (κ1) is 13.9. The Labute approximate surface area is 117 Å². The molecule has 10 heteroatoms. The molecule has 0 aromatic carbocycles. The van der Waals surface area contributed by atoms with E-state index in [-0.39, 0.29) is 23.5 Å². The van der Waals surface area contributed by atoms with E-state index in [9.17, 15) is 14.3 Å². The van der Waals surface area contributed by atoms with Gasteiger partial charge in [-0.3, -0.25) is 14.3 Å². The van der Waals surface area contributed by atoms with Gasteiger partial charge in [-0.25, -0.2) is 9.37 Å². The van der Waals surface area contributed by atoms with E-state index < -0.39 is 30.4 Å². The van der Waals surface area contributed by atoms with Crippen molar-refractivity contribution in [1.29, 1.82) is 0 Å². The fourth-order valence-corrected chi connectivity index (χ4v) is 2.41. The molecule has 4 N–H and O–H groups in total. The van der Waals surface area contributed by atoms with Gasteiger partial charge in [-0.2, -0.15) is 4.98 Å². The first-order valence-electron chi connectivity index (χ1n) is 6.21. The van der Waals surface area contributed by atoms with Gasteiger partial charge in [0.25, 0.3) is 5.56 Å². The molecule has 3 heterocycles. The Bertz CT molecular complexity index is 725. The molecular weight excluding hydrogens is 285 g/mol. The van der Waals surface area contributed by atoms with E-state index in [0.29, 0.717) is 0 Å². The summed E-state index contributed by atoms with van der Waals surface area (Å²) in [5.41, 5.74) is 5.25. The standard InChI is InChI=1S/C11H14FN5O4/c1-20-11(3-18)5(12)2-6(21-11)17-4-14-7-8(17)15-10(13)16-9(7)19/h4-6,18H,2-3H2,1H3,(H3,13,15,16,19)/t5?,6-,11-/m1/s1. The number of aliphatic hydroxyl groups is 1. The lowest BCUT2D eigenvalue weighted by Gasteiger charge is -2.26. The van der Waals surface area contributed by atoms with Crippen molar-refractivity contribution in [3.05, 3.63) is 16.7 Å². The van der Waals surface area contributed by atoms with Gasteiger partial charge in [0.15, 0.2) is 17.3 Å². The second-order valence-corrected chi connectivity index (χ2v) is 4.73. The van der Waals surface area contributed by atoms with Gasteiger partial charge >= 0.3 is 0 Å². The summed E-state index contributed by atoms with van der Waals surface area (Å²) in [5, 5.41) is 9.30. The molecule has 9 nitrogen and oxygen atoms in total. The maximum Gasteiger partial charge on any atom is 0.280 e. The molecule has 1 aliphatic rings. The second-order valence-electron chi connectivity index (χ2n) is 4.73. The Morgan fingerprint density at radius 1 is 1.76 bits per heavy atom. The van der Waals surface area contributed by atoms with Gasteiger partial charge in [0, 0.05) is 13.5 Å². The zero-order chi connectivity index (χ0) is 15.2. The number of rotatable bonds is 3. The SMILES string of the molecule is CO[C@]1(CO)O[C@@H](n2cnc3c(=O)[nH]c(N)nc32)CC1F. The van der Waals surface area contributed by atoms with E-state index in [1.807, 2.05) is 0 Å². The van der Waals surface area contributed by atoms with E-state index in [4.69, 9.17) is 15.2 Å². The number of ether oxygens (including phenoxy) is 2. The number of fused-ring (bicyclic) bond motifs is 1. The average molecular weight is 299 g/mol. The molecule has 1 saturated heterocycles. The number of halogens is 1. The fraction of sp³-hybridized carbons (Fsp3) is 0.545. The zero-order valence-corrected chi connectivity index (χ0v) is 11.1. The first-order chi connectivity index (χ1) is 10.0. The van der Waals surface area contributed by atoms with E-state index in [0.717, 1.165) is 0 Å². The normalized spacial score (nSPS) is 29.3. The van der Waals surface area contributed by atoms with Gasteiger partial charge in [0.1, 0.15) is 12.8 Å². The fourth-order valence-electron chi connectivity index (χ4n) is 2.41. The second kappa shape index (κ2) is 4.76. The molecule has 1 aliphatic heterocycles. The maximum atomic E-state index is 14.1. The molecule has 21 heavy (non-hydrogen) atoms. The Morgan fingerprint density at radius 2 is 2.52 bits per heavy atom. The highest BCUT2D eigenvalue weighted by Crippen LogP contribution is 2.39. The average Bonchev–Trinajstić information content (AvgIpc) is 3.00. The molecule has 0 bridgehead atoms. The largest absolute Gasteiger partial charge is 0.391 e. The highest BCUT2D eigenvalue weighted by atomic mass is 19.1. The van der Waals surface area contributed by atoms with E-state index in [1.54, 1.807) is 0 Å². The van der Waals surface area contributed by atoms with Crippen molar-refractivity contribution in [2.24, 2.45) is 0 Å². The topological polar surface area (TPSA) is 128 Å². The number of hydrogen-bond donors (Lipinski definition) is 3. The number of hydrogen-bond acceptors (Lipinski definition) is 7. The molecule has 0 aliphatic carbocycles. The van der Waals surface area contributed by atoms with Crippen LogP contribution in [0.2, 0.25) is 0 Å². The summed E-state index contributed by atoms with van der Waals surface area (Å²) >= 11 is 0.